The van der Waals surface area contributed by atoms with E-state index in [0.29, 0.717) is 31.1 Å². The number of ether oxygens (including phenoxy) is 2. The van der Waals surface area contributed by atoms with Crippen LogP contribution >= 0.6 is 0 Å². The van der Waals surface area contributed by atoms with Crippen molar-refractivity contribution in [3.8, 4) is 11.5 Å². The van der Waals surface area contributed by atoms with E-state index in [2.05, 4.69) is 32.9 Å². The average Bonchev–Trinajstić information content (AvgIpc) is 2.52. The third kappa shape index (κ3) is 5.44. The van der Waals surface area contributed by atoms with Crippen LogP contribution < -0.4 is 9.47 Å². The van der Waals surface area contributed by atoms with Crippen molar-refractivity contribution in [3.05, 3.63) is 59.7 Å². The summed E-state index contributed by atoms with van der Waals surface area (Å²) in [6.45, 7) is 6.96. The van der Waals surface area contributed by atoms with Crippen molar-refractivity contribution in [2.75, 3.05) is 6.61 Å². The highest BCUT2D eigenvalue weighted by molar-refractivity contribution is 5.72. The Labute approximate surface area is 138 Å². The van der Waals surface area contributed by atoms with Crippen molar-refractivity contribution in [2.45, 2.75) is 39.5 Å². The number of rotatable bonds is 7. The lowest BCUT2D eigenvalue weighted by Gasteiger charge is -2.12. The number of carbonyl (C=O) groups excluding carboxylic acids is 1. The lowest BCUT2D eigenvalue weighted by atomic mass is 9.98. The van der Waals surface area contributed by atoms with E-state index in [0.717, 1.165) is 5.75 Å². The highest BCUT2D eigenvalue weighted by Gasteiger charge is 2.06. The molecule has 0 amide bonds. The Balaban J connectivity index is 1.73. The molecule has 0 unspecified atom stereocenters. The van der Waals surface area contributed by atoms with E-state index in [1.54, 1.807) is 12.1 Å². The highest BCUT2D eigenvalue weighted by atomic mass is 16.5. The Morgan fingerprint density at radius 1 is 1.04 bits per heavy atom. The number of esters is 1. The van der Waals surface area contributed by atoms with E-state index in [1.807, 2.05) is 24.3 Å². The van der Waals surface area contributed by atoms with Crippen molar-refractivity contribution < 1.29 is 14.3 Å². The van der Waals surface area contributed by atoms with Crippen LogP contribution in [0.3, 0.4) is 0 Å². The fourth-order valence-electron chi connectivity index (χ4n) is 2.46. The number of aryl methyl sites for hydroxylation is 1. The Hall–Kier alpha value is -2.29. The van der Waals surface area contributed by atoms with Gasteiger partial charge in [0.2, 0.25) is 0 Å². The van der Waals surface area contributed by atoms with Gasteiger partial charge in [-0.05, 0) is 54.7 Å². The van der Waals surface area contributed by atoms with E-state index in [4.69, 9.17) is 9.47 Å². The molecule has 0 aliphatic carbocycles. The minimum Gasteiger partial charge on any atom is -0.494 e. The van der Waals surface area contributed by atoms with Gasteiger partial charge < -0.3 is 9.47 Å². The molecule has 2 rings (SSSR count). The van der Waals surface area contributed by atoms with Gasteiger partial charge in [0.15, 0.2) is 0 Å². The van der Waals surface area contributed by atoms with Gasteiger partial charge in [0.1, 0.15) is 11.5 Å². The summed E-state index contributed by atoms with van der Waals surface area (Å²) < 4.78 is 10.9. The van der Waals surface area contributed by atoms with Crippen LogP contribution in [0.25, 0.3) is 0 Å². The molecule has 0 spiro atoms. The maximum absolute atomic E-state index is 11.7. The summed E-state index contributed by atoms with van der Waals surface area (Å²) in [5.74, 6) is 1.71. The minimum atomic E-state index is -0.230. The first-order valence-corrected chi connectivity index (χ1v) is 8.05. The molecular formula is C20H24O3. The minimum absolute atomic E-state index is 0.230. The van der Waals surface area contributed by atoms with Crippen LogP contribution in [0.1, 0.15) is 43.7 Å². The Morgan fingerprint density at radius 2 is 1.78 bits per heavy atom. The summed E-state index contributed by atoms with van der Waals surface area (Å²) in [7, 11) is 0. The molecule has 23 heavy (non-hydrogen) atoms. The second-order valence-electron chi connectivity index (χ2n) is 5.91. The van der Waals surface area contributed by atoms with Crippen LogP contribution in [0.15, 0.2) is 48.5 Å². The first-order chi connectivity index (χ1) is 11.1. The molecule has 0 aliphatic rings. The van der Waals surface area contributed by atoms with E-state index >= 15 is 0 Å². The monoisotopic (exact) mass is 312 g/mol. The predicted octanol–water partition coefficient (Wildman–Crippen LogP) is 4.88. The largest absolute Gasteiger partial charge is 0.494 e. The zero-order valence-electron chi connectivity index (χ0n) is 14.0. The second kappa shape index (κ2) is 8.37. The average molecular weight is 312 g/mol. The standard InChI is InChI=1S/C20H24O3/c1-15(2)19-12-11-18(14-16(19)3)22-13-7-10-20(21)23-17-8-5-4-6-9-17/h4-6,8-9,11-12,14-15H,7,10,13H2,1-3H3. The van der Waals surface area contributed by atoms with Gasteiger partial charge in [0.05, 0.1) is 6.61 Å². The number of benzene rings is 2. The smallest absolute Gasteiger partial charge is 0.311 e. The molecule has 2 aromatic rings. The van der Waals surface area contributed by atoms with E-state index in [-0.39, 0.29) is 5.97 Å². The number of para-hydroxylation sites is 1. The van der Waals surface area contributed by atoms with Crippen LogP contribution in [0.5, 0.6) is 11.5 Å². The first-order valence-electron chi connectivity index (χ1n) is 8.05. The molecule has 0 N–H and O–H groups in total. The molecule has 2 aromatic carbocycles. The molecular weight excluding hydrogens is 288 g/mol. The fraction of sp³-hybridized carbons (Fsp3) is 0.350. The van der Waals surface area contributed by atoms with Crippen molar-refractivity contribution in [1.29, 1.82) is 0 Å². The highest BCUT2D eigenvalue weighted by Crippen LogP contribution is 2.23. The molecule has 3 nitrogen and oxygen atoms in total. The molecule has 0 aromatic heterocycles. The quantitative estimate of drug-likeness (QED) is 0.415. The lowest BCUT2D eigenvalue weighted by molar-refractivity contribution is -0.134. The predicted molar refractivity (Wildman–Crippen MR) is 92.1 cm³/mol. The number of hydrogen-bond acceptors (Lipinski definition) is 3. The summed E-state index contributed by atoms with van der Waals surface area (Å²) in [4.78, 5) is 11.7. The topological polar surface area (TPSA) is 35.5 Å². The molecule has 0 aliphatic heterocycles. The van der Waals surface area contributed by atoms with Crippen LogP contribution in [0.2, 0.25) is 0 Å². The second-order valence-corrected chi connectivity index (χ2v) is 5.91. The van der Waals surface area contributed by atoms with Crippen molar-refractivity contribution in [2.24, 2.45) is 0 Å². The maximum Gasteiger partial charge on any atom is 0.311 e. The van der Waals surface area contributed by atoms with Gasteiger partial charge in [-0.1, -0.05) is 38.1 Å². The van der Waals surface area contributed by atoms with Crippen molar-refractivity contribution in [1.82, 2.24) is 0 Å². The molecule has 0 saturated heterocycles. The molecule has 0 saturated carbocycles. The van der Waals surface area contributed by atoms with Gasteiger partial charge in [-0.3, -0.25) is 4.79 Å². The zero-order chi connectivity index (χ0) is 16.7. The van der Waals surface area contributed by atoms with Crippen LogP contribution in [0, 0.1) is 6.92 Å². The summed E-state index contributed by atoms with van der Waals surface area (Å²) in [6, 6.07) is 15.3. The Morgan fingerprint density at radius 3 is 2.43 bits per heavy atom. The Kier molecular flexibility index (Phi) is 6.21. The summed E-state index contributed by atoms with van der Waals surface area (Å²) >= 11 is 0. The molecule has 0 heterocycles. The molecule has 0 atom stereocenters. The number of carbonyl (C=O) groups is 1. The molecule has 0 radical (unpaired) electrons. The SMILES string of the molecule is Cc1cc(OCCCC(=O)Oc2ccccc2)ccc1C(C)C. The molecule has 0 fully saturated rings. The van der Waals surface area contributed by atoms with Crippen molar-refractivity contribution in [3.63, 3.8) is 0 Å². The van der Waals surface area contributed by atoms with E-state index in [1.165, 1.54) is 11.1 Å². The maximum atomic E-state index is 11.7. The summed E-state index contributed by atoms with van der Waals surface area (Å²) in [5.41, 5.74) is 2.57. The zero-order valence-corrected chi connectivity index (χ0v) is 14.0. The van der Waals surface area contributed by atoms with Gasteiger partial charge in [-0.15, -0.1) is 0 Å². The van der Waals surface area contributed by atoms with Crippen LogP contribution in [-0.2, 0) is 4.79 Å². The first kappa shape index (κ1) is 17.1. The third-order valence-corrected chi connectivity index (χ3v) is 3.63. The van der Waals surface area contributed by atoms with Crippen LogP contribution in [0.4, 0.5) is 0 Å². The number of hydrogen-bond donors (Lipinski definition) is 0. The lowest BCUT2D eigenvalue weighted by Crippen LogP contribution is -2.10. The normalized spacial score (nSPS) is 10.6. The van der Waals surface area contributed by atoms with Gasteiger partial charge in [0, 0.05) is 6.42 Å². The molecule has 3 heteroatoms. The fourth-order valence-corrected chi connectivity index (χ4v) is 2.46. The molecule has 0 bridgehead atoms. The third-order valence-electron chi connectivity index (χ3n) is 3.63. The van der Waals surface area contributed by atoms with Gasteiger partial charge in [-0.2, -0.15) is 0 Å². The Bertz CT molecular complexity index is 633. The van der Waals surface area contributed by atoms with Gasteiger partial charge in [0.25, 0.3) is 0 Å². The van der Waals surface area contributed by atoms with Gasteiger partial charge in [-0.25, -0.2) is 0 Å². The van der Waals surface area contributed by atoms with Gasteiger partial charge >= 0.3 is 5.97 Å². The summed E-state index contributed by atoms with van der Waals surface area (Å²) in [5, 5.41) is 0. The molecule has 122 valence electrons. The summed E-state index contributed by atoms with van der Waals surface area (Å²) in [6.07, 6.45) is 0.981. The van der Waals surface area contributed by atoms with E-state index < -0.39 is 0 Å². The van der Waals surface area contributed by atoms with Crippen molar-refractivity contribution >= 4 is 5.97 Å². The van der Waals surface area contributed by atoms with E-state index in [9.17, 15) is 4.79 Å². The van der Waals surface area contributed by atoms with Crippen LogP contribution in [-0.4, -0.2) is 12.6 Å².